The average molecular weight is 1160 g/mol. The van der Waals surface area contributed by atoms with Crippen molar-refractivity contribution in [2.45, 2.75) is 384 Å². The molecule has 1 aliphatic heterocycles. The van der Waals surface area contributed by atoms with E-state index in [1.807, 2.05) is 6.08 Å². The number of rotatable bonds is 62. The van der Waals surface area contributed by atoms with E-state index in [1.54, 1.807) is 6.08 Å². The van der Waals surface area contributed by atoms with Crippen molar-refractivity contribution in [3.63, 3.8) is 0 Å². The van der Waals surface area contributed by atoms with E-state index in [2.05, 4.69) is 43.5 Å². The number of unbranched alkanes of at least 4 members (excludes halogenated alkanes) is 44. The Kier molecular flexibility index (Phi) is 57.5. The maximum absolute atomic E-state index is 13.0. The van der Waals surface area contributed by atoms with Gasteiger partial charge in [-0.3, -0.25) is 9.59 Å². The van der Waals surface area contributed by atoms with E-state index in [0.29, 0.717) is 19.4 Å². The van der Waals surface area contributed by atoms with Gasteiger partial charge in [0.15, 0.2) is 6.29 Å². The molecule has 1 aliphatic rings. The summed E-state index contributed by atoms with van der Waals surface area (Å²) in [5.74, 6) is -0.178. The highest BCUT2D eigenvalue weighted by atomic mass is 16.7. The summed E-state index contributed by atoms with van der Waals surface area (Å²) < 4.78 is 16.7. The zero-order valence-corrected chi connectivity index (χ0v) is 53.5. The number of ether oxygens (including phenoxy) is 3. The summed E-state index contributed by atoms with van der Waals surface area (Å²) in [6, 6.07) is -0.824. The van der Waals surface area contributed by atoms with Gasteiger partial charge in [0.05, 0.1) is 32.0 Å². The van der Waals surface area contributed by atoms with Gasteiger partial charge in [-0.25, -0.2) is 0 Å². The van der Waals surface area contributed by atoms with Gasteiger partial charge >= 0.3 is 5.97 Å². The lowest BCUT2D eigenvalue weighted by Gasteiger charge is -2.40. The Bertz CT molecular complexity index is 1460. The fourth-order valence-electron chi connectivity index (χ4n) is 11.2. The van der Waals surface area contributed by atoms with Crippen molar-refractivity contribution in [2.24, 2.45) is 0 Å². The predicted molar refractivity (Wildman–Crippen MR) is 343 cm³/mol. The van der Waals surface area contributed by atoms with Gasteiger partial charge in [0.1, 0.15) is 24.4 Å². The van der Waals surface area contributed by atoms with Crippen molar-refractivity contribution < 1.29 is 49.3 Å². The molecule has 11 nitrogen and oxygen atoms in total. The first-order chi connectivity index (χ1) is 40.2. The van der Waals surface area contributed by atoms with Crippen LogP contribution in [0.2, 0.25) is 0 Å². The molecule has 1 saturated heterocycles. The minimum absolute atomic E-state index is 0.0121. The lowest BCUT2D eigenvalue weighted by Crippen LogP contribution is -2.60. The van der Waals surface area contributed by atoms with Crippen LogP contribution >= 0.6 is 0 Å². The zero-order chi connectivity index (χ0) is 59.5. The minimum atomic E-state index is -1.57. The molecule has 1 rings (SSSR count). The van der Waals surface area contributed by atoms with E-state index in [1.165, 1.54) is 263 Å². The Labute approximate surface area is 504 Å². The van der Waals surface area contributed by atoms with Crippen LogP contribution in [0, 0.1) is 0 Å². The number of carbonyl (C=O) groups is 2. The van der Waals surface area contributed by atoms with Crippen LogP contribution in [0.25, 0.3) is 0 Å². The van der Waals surface area contributed by atoms with E-state index in [9.17, 15) is 35.1 Å². The molecule has 0 radical (unpaired) electrons. The first kappa shape index (κ1) is 77.9. The molecule has 82 heavy (non-hydrogen) atoms. The lowest BCUT2D eigenvalue weighted by molar-refractivity contribution is -0.302. The predicted octanol–water partition coefficient (Wildman–Crippen LogP) is 17.8. The molecule has 11 heteroatoms. The van der Waals surface area contributed by atoms with Crippen LogP contribution in [0.15, 0.2) is 36.5 Å². The van der Waals surface area contributed by atoms with E-state index in [4.69, 9.17) is 14.2 Å². The van der Waals surface area contributed by atoms with Gasteiger partial charge in [-0.2, -0.15) is 0 Å². The zero-order valence-electron chi connectivity index (χ0n) is 53.5. The number of hydrogen-bond donors (Lipinski definition) is 6. The quantitative estimate of drug-likeness (QED) is 0.0195. The summed E-state index contributed by atoms with van der Waals surface area (Å²) in [6.45, 7) is 4.31. The fraction of sp³-hybridized carbons (Fsp3) is 0.887. The third-order valence-corrected chi connectivity index (χ3v) is 16.7. The number of carbonyl (C=O) groups excluding carboxylic acids is 2. The van der Waals surface area contributed by atoms with Crippen molar-refractivity contribution in [2.75, 3.05) is 19.8 Å². The van der Waals surface area contributed by atoms with E-state index in [0.717, 1.165) is 51.4 Å². The largest absolute Gasteiger partial charge is 0.466 e. The molecular weight excluding hydrogens is 1030 g/mol. The summed E-state index contributed by atoms with van der Waals surface area (Å²) in [5.41, 5.74) is 0. The standard InChI is InChI=1S/C71H133NO10/c1-3-5-7-9-11-13-14-39-43-47-51-55-59-67(76)80-60-56-52-48-44-40-37-35-33-31-29-27-25-23-21-19-17-15-16-18-20-22-24-26-28-30-32-34-36-38-42-46-50-54-58-66(75)72-63(64(74)57-53-49-45-41-12-10-8-6-4-2)62-81-71-70(79)69(78)68(77)65(61-73)82-71/h12,19,21,41,53,57,63-65,68-71,73-74,77-79H,3-11,13-18,20,22-40,42-52,54-56,58-62H2,1-2H3,(H,72,75)/b21-19-,41-12+,57-53+. The Hall–Kier alpha value is -2.12. The highest BCUT2D eigenvalue weighted by Crippen LogP contribution is 2.23. The van der Waals surface area contributed by atoms with Crippen molar-refractivity contribution >= 4 is 11.9 Å². The normalized spacial score (nSPS) is 18.4. The molecule has 1 heterocycles. The number of nitrogens with one attached hydrogen (secondary N) is 1. The fourth-order valence-corrected chi connectivity index (χ4v) is 11.2. The highest BCUT2D eigenvalue weighted by Gasteiger charge is 2.44. The van der Waals surface area contributed by atoms with Gasteiger partial charge < -0.3 is 45.1 Å². The monoisotopic (exact) mass is 1160 g/mol. The molecule has 0 bridgehead atoms. The van der Waals surface area contributed by atoms with Crippen LogP contribution in [0.5, 0.6) is 0 Å². The van der Waals surface area contributed by atoms with Crippen LogP contribution in [0.3, 0.4) is 0 Å². The Morgan fingerprint density at radius 1 is 0.439 bits per heavy atom. The van der Waals surface area contributed by atoms with Gasteiger partial charge in [0.2, 0.25) is 5.91 Å². The van der Waals surface area contributed by atoms with Crippen LogP contribution < -0.4 is 5.32 Å². The number of aliphatic hydroxyl groups excluding tert-OH is 5. The number of aliphatic hydroxyl groups is 5. The molecule has 1 fully saturated rings. The summed E-state index contributed by atoms with van der Waals surface area (Å²) in [6.07, 6.45) is 67.4. The van der Waals surface area contributed by atoms with Crippen LogP contribution in [0.1, 0.15) is 341 Å². The van der Waals surface area contributed by atoms with Gasteiger partial charge in [-0.05, 0) is 70.6 Å². The van der Waals surface area contributed by atoms with Crippen LogP contribution in [0.4, 0.5) is 0 Å². The summed E-state index contributed by atoms with van der Waals surface area (Å²) in [5, 5.41) is 54.2. The smallest absolute Gasteiger partial charge is 0.305 e. The number of esters is 1. The molecule has 6 N–H and O–H groups in total. The molecule has 0 aromatic rings. The van der Waals surface area contributed by atoms with Gasteiger partial charge in [-0.15, -0.1) is 0 Å². The van der Waals surface area contributed by atoms with Crippen molar-refractivity contribution in [1.29, 1.82) is 0 Å². The Balaban J connectivity index is 1.91. The molecule has 7 unspecified atom stereocenters. The lowest BCUT2D eigenvalue weighted by atomic mass is 9.99. The first-order valence-electron chi connectivity index (χ1n) is 35.3. The molecular formula is C71H133NO10. The summed E-state index contributed by atoms with van der Waals surface area (Å²) in [4.78, 5) is 25.0. The van der Waals surface area contributed by atoms with Crippen molar-refractivity contribution in [3.05, 3.63) is 36.5 Å². The summed E-state index contributed by atoms with van der Waals surface area (Å²) in [7, 11) is 0. The molecule has 1 amide bonds. The second-order valence-corrected chi connectivity index (χ2v) is 24.6. The highest BCUT2D eigenvalue weighted by molar-refractivity contribution is 5.76. The average Bonchev–Trinajstić information content (AvgIpc) is 3.68. The topological polar surface area (TPSA) is 175 Å². The van der Waals surface area contributed by atoms with Crippen molar-refractivity contribution in [3.8, 4) is 0 Å². The second-order valence-electron chi connectivity index (χ2n) is 24.6. The Morgan fingerprint density at radius 2 is 0.793 bits per heavy atom. The SMILES string of the molecule is CCCCC/C=C/CC/C=C/C(O)C(COC1OC(CO)C(O)C(O)C1O)NC(=O)CCCCCCCCCCCCCCCCCCC/C=C\CCCCCCCCCCCCCCOC(=O)CCCCCCCCCCCCCC. The first-order valence-corrected chi connectivity index (χ1v) is 35.3. The van der Waals surface area contributed by atoms with Gasteiger partial charge in [-0.1, -0.05) is 294 Å². The second kappa shape index (κ2) is 60.6. The van der Waals surface area contributed by atoms with E-state index >= 15 is 0 Å². The van der Waals surface area contributed by atoms with Crippen LogP contribution in [-0.2, 0) is 23.8 Å². The minimum Gasteiger partial charge on any atom is -0.466 e. The third-order valence-electron chi connectivity index (χ3n) is 16.7. The van der Waals surface area contributed by atoms with E-state index in [-0.39, 0.29) is 18.5 Å². The van der Waals surface area contributed by atoms with Gasteiger partial charge in [0.25, 0.3) is 0 Å². The van der Waals surface area contributed by atoms with E-state index < -0.39 is 49.5 Å². The Morgan fingerprint density at radius 3 is 1.23 bits per heavy atom. The number of amides is 1. The third kappa shape index (κ3) is 49.0. The molecule has 0 spiro atoms. The maximum Gasteiger partial charge on any atom is 0.305 e. The molecule has 0 saturated carbocycles. The van der Waals surface area contributed by atoms with Crippen molar-refractivity contribution in [1.82, 2.24) is 5.32 Å². The maximum atomic E-state index is 13.0. The number of allylic oxidation sites excluding steroid dienone is 5. The molecule has 0 aliphatic carbocycles. The molecule has 0 aromatic carbocycles. The molecule has 7 atom stereocenters. The van der Waals surface area contributed by atoms with Gasteiger partial charge in [0, 0.05) is 12.8 Å². The van der Waals surface area contributed by atoms with Crippen LogP contribution in [-0.4, -0.2) is 100 Å². The summed E-state index contributed by atoms with van der Waals surface area (Å²) >= 11 is 0. The number of hydrogen-bond acceptors (Lipinski definition) is 10. The molecule has 482 valence electrons. The molecule has 0 aromatic heterocycles.